The SMILES string of the molecule is COc1cc(Cl)ccc1C(C)(C)CC(O)(C=Nc1cccc2cc(O)ccc12)C(F)(F)F. The Balaban J connectivity index is 2.03. The number of rotatable bonds is 6. The molecule has 32 heavy (non-hydrogen) atoms. The first kappa shape index (κ1) is 23.9. The standard InChI is InChI=1S/C24H23ClF3NO3/c1-22(2,19-10-7-16(25)12-21(19)32-3)13-23(31,24(26,27)28)14-29-20-6-4-5-15-11-17(30)8-9-18(15)20/h4-12,14,30-31H,13H2,1-3H3. The van der Waals surface area contributed by atoms with Crippen molar-refractivity contribution in [1.82, 2.24) is 0 Å². The Morgan fingerprint density at radius 3 is 2.44 bits per heavy atom. The van der Waals surface area contributed by atoms with Gasteiger partial charge in [0.15, 0.2) is 5.60 Å². The highest BCUT2D eigenvalue weighted by atomic mass is 35.5. The van der Waals surface area contributed by atoms with Crippen LogP contribution in [0, 0.1) is 0 Å². The third-order valence-corrected chi connectivity index (χ3v) is 5.59. The van der Waals surface area contributed by atoms with Gasteiger partial charge in [-0.1, -0.05) is 43.6 Å². The Morgan fingerprint density at radius 1 is 1.06 bits per heavy atom. The van der Waals surface area contributed by atoms with E-state index in [0.717, 1.165) is 0 Å². The second-order valence-corrected chi connectivity index (χ2v) is 8.70. The second-order valence-electron chi connectivity index (χ2n) is 8.27. The Hall–Kier alpha value is -2.77. The molecular formula is C24H23ClF3NO3. The fraction of sp³-hybridized carbons (Fsp3) is 0.292. The second kappa shape index (κ2) is 8.64. The summed E-state index contributed by atoms with van der Waals surface area (Å²) in [7, 11) is 1.40. The third-order valence-electron chi connectivity index (χ3n) is 5.35. The van der Waals surface area contributed by atoms with Gasteiger partial charge in [-0.2, -0.15) is 13.2 Å². The van der Waals surface area contributed by atoms with Gasteiger partial charge in [0.05, 0.1) is 12.8 Å². The van der Waals surface area contributed by atoms with Gasteiger partial charge in [0.25, 0.3) is 0 Å². The Labute approximate surface area is 188 Å². The number of aliphatic imine (C=N–C) groups is 1. The topological polar surface area (TPSA) is 62.0 Å². The quantitative estimate of drug-likeness (QED) is 0.405. The van der Waals surface area contributed by atoms with E-state index in [1.807, 2.05) is 0 Å². The van der Waals surface area contributed by atoms with Crippen molar-refractivity contribution in [3.05, 3.63) is 65.2 Å². The zero-order valence-electron chi connectivity index (χ0n) is 17.7. The summed E-state index contributed by atoms with van der Waals surface area (Å²) in [5.41, 5.74) is -3.63. The van der Waals surface area contributed by atoms with Crippen molar-refractivity contribution < 1.29 is 28.1 Å². The van der Waals surface area contributed by atoms with E-state index in [-0.39, 0.29) is 11.4 Å². The summed E-state index contributed by atoms with van der Waals surface area (Å²) < 4.78 is 47.4. The average Bonchev–Trinajstić information content (AvgIpc) is 2.70. The highest BCUT2D eigenvalue weighted by Crippen LogP contribution is 2.43. The van der Waals surface area contributed by atoms with Gasteiger partial charge in [-0.05, 0) is 59.2 Å². The summed E-state index contributed by atoms with van der Waals surface area (Å²) in [6.45, 7) is 3.17. The van der Waals surface area contributed by atoms with Crippen LogP contribution < -0.4 is 4.74 Å². The molecule has 0 bridgehead atoms. The van der Waals surface area contributed by atoms with Crippen molar-refractivity contribution in [3.8, 4) is 11.5 Å². The lowest BCUT2D eigenvalue weighted by molar-refractivity contribution is -0.234. The molecule has 0 aliphatic rings. The molecular weight excluding hydrogens is 443 g/mol. The fourth-order valence-electron chi connectivity index (χ4n) is 3.76. The summed E-state index contributed by atoms with van der Waals surface area (Å²) in [5, 5.41) is 21.9. The number of aliphatic hydroxyl groups is 1. The Morgan fingerprint density at radius 2 is 1.78 bits per heavy atom. The number of halogens is 4. The van der Waals surface area contributed by atoms with Gasteiger partial charge in [-0.25, -0.2) is 0 Å². The van der Waals surface area contributed by atoms with Crippen LogP contribution in [0.1, 0.15) is 25.8 Å². The van der Waals surface area contributed by atoms with Crippen LogP contribution >= 0.6 is 11.6 Å². The molecule has 1 unspecified atom stereocenters. The summed E-state index contributed by atoms with van der Waals surface area (Å²) in [6.07, 6.45) is -5.13. The van der Waals surface area contributed by atoms with Crippen molar-refractivity contribution in [2.45, 2.75) is 37.5 Å². The van der Waals surface area contributed by atoms with Crippen molar-refractivity contribution in [3.63, 3.8) is 0 Å². The highest BCUT2D eigenvalue weighted by Gasteiger charge is 2.55. The zero-order chi connectivity index (χ0) is 23.7. The lowest BCUT2D eigenvalue weighted by Gasteiger charge is -2.36. The van der Waals surface area contributed by atoms with Gasteiger partial charge < -0.3 is 14.9 Å². The van der Waals surface area contributed by atoms with Crippen LogP contribution in [-0.4, -0.2) is 35.3 Å². The van der Waals surface area contributed by atoms with Gasteiger partial charge in [0.1, 0.15) is 11.5 Å². The van der Waals surface area contributed by atoms with Gasteiger partial charge in [-0.15, -0.1) is 0 Å². The maximum atomic E-state index is 14.0. The summed E-state index contributed by atoms with van der Waals surface area (Å²) in [6, 6.07) is 14.0. The summed E-state index contributed by atoms with van der Waals surface area (Å²) in [4.78, 5) is 4.01. The van der Waals surface area contributed by atoms with E-state index in [4.69, 9.17) is 16.3 Å². The van der Waals surface area contributed by atoms with Crippen LogP contribution in [-0.2, 0) is 5.41 Å². The number of hydrogen-bond acceptors (Lipinski definition) is 4. The minimum atomic E-state index is -4.98. The van der Waals surface area contributed by atoms with Gasteiger partial charge in [0, 0.05) is 16.6 Å². The van der Waals surface area contributed by atoms with Crippen molar-refractivity contribution >= 4 is 34.3 Å². The summed E-state index contributed by atoms with van der Waals surface area (Å²) >= 11 is 5.98. The number of phenolic OH excluding ortho intramolecular Hbond substituents is 1. The van der Waals surface area contributed by atoms with E-state index in [1.54, 1.807) is 50.2 Å². The summed E-state index contributed by atoms with van der Waals surface area (Å²) in [5.74, 6) is 0.363. The molecule has 4 nitrogen and oxygen atoms in total. The van der Waals surface area contributed by atoms with Crippen LogP contribution in [0.15, 0.2) is 59.6 Å². The number of hydrogen-bond donors (Lipinski definition) is 2. The van der Waals surface area contributed by atoms with Crippen molar-refractivity contribution in [2.24, 2.45) is 4.99 Å². The fourth-order valence-corrected chi connectivity index (χ4v) is 3.92. The highest BCUT2D eigenvalue weighted by molar-refractivity contribution is 6.30. The lowest BCUT2D eigenvalue weighted by atomic mass is 9.75. The molecule has 0 fully saturated rings. The van der Waals surface area contributed by atoms with Gasteiger partial charge in [0.2, 0.25) is 0 Å². The zero-order valence-corrected chi connectivity index (χ0v) is 18.5. The molecule has 0 aliphatic heterocycles. The lowest BCUT2D eigenvalue weighted by Crippen LogP contribution is -2.50. The normalized spacial score (nSPS) is 14.6. The van der Waals surface area contributed by atoms with Crippen LogP contribution in [0.2, 0.25) is 5.02 Å². The molecule has 8 heteroatoms. The smallest absolute Gasteiger partial charge is 0.422 e. The van der Waals surface area contributed by atoms with Crippen molar-refractivity contribution in [1.29, 1.82) is 0 Å². The van der Waals surface area contributed by atoms with Crippen LogP contribution in [0.3, 0.4) is 0 Å². The molecule has 0 aliphatic carbocycles. The molecule has 2 N–H and O–H groups in total. The van der Waals surface area contributed by atoms with Crippen LogP contribution in [0.25, 0.3) is 10.8 Å². The molecule has 0 heterocycles. The monoisotopic (exact) mass is 465 g/mol. The van der Waals surface area contributed by atoms with Gasteiger partial charge in [-0.3, -0.25) is 4.99 Å². The molecule has 0 aromatic heterocycles. The number of alkyl halides is 3. The maximum Gasteiger partial charge on any atom is 0.422 e. The van der Waals surface area contributed by atoms with E-state index < -0.39 is 23.6 Å². The maximum absolute atomic E-state index is 14.0. The average molecular weight is 466 g/mol. The first-order valence-electron chi connectivity index (χ1n) is 9.76. The Kier molecular flexibility index (Phi) is 6.45. The number of fused-ring (bicyclic) bond motifs is 1. The minimum Gasteiger partial charge on any atom is -0.508 e. The number of methoxy groups -OCH3 is 1. The van der Waals surface area contributed by atoms with E-state index in [2.05, 4.69) is 4.99 Å². The number of nitrogens with zero attached hydrogens (tertiary/aromatic N) is 1. The molecule has 170 valence electrons. The third kappa shape index (κ3) is 4.84. The largest absolute Gasteiger partial charge is 0.508 e. The van der Waals surface area contributed by atoms with E-state index in [9.17, 15) is 23.4 Å². The predicted molar refractivity (Wildman–Crippen MR) is 120 cm³/mol. The van der Waals surface area contributed by atoms with Crippen molar-refractivity contribution in [2.75, 3.05) is 7.11 Å². The molecule has 0 radical (unpaired) electrons. The number of ether oxygens (including phenoxy) is 1. The van der Waals surface area contributed by atoms with Crippen LogP contribution in [0.5, 0.6) is 11.5 Å². The number of aromatic hydroxyl groups is 1. The predicted octanol–water partition coefficient (Wildman–Crippen LogP) is 6.57. The number of phenols is 1. The van der Waals surface area contributed by atoms with Crippen LogP contribution in [0.4, 0.5) is 18.9 Å². The molecule has 3 rings (SSSR count). The minimum absolute atomic E-state index is 0.0316. The van der Waals surface area contributed by atoms with Gasteiger partial charge >= 0.3 is 6.18 Å². The molecule has 0 spiro atoms. The number of benzene rings is 3. The van der Waals surface area contributed by atoms with E-state index in [1.165, 1.54) is 25.3 Å². The molecule has 3 aromatic rings. The Bertz CT molecular complexity index is 1160. The molecule has 1 atom stereocenters. The van der Waals surface area contributed by atoms with E-state index in [0.29, 0.717) is 33.3 Å². The first-order valence-corrected chi connectivity index (χ1v) is 10.1. The molecule has 3 aromatic carbocycles. The van der Waals surface area contributed by atoms with E-state index >= 15 is 0 Å². The molecule has 0 saturated heterocycles. The molecule has 0 saturated carbocycles. The first-order chi connectivity index (χ1) is 14.9. The molecule has 0 amide bonds.